The third kappa shape index (κ3) is 6.40. The lowest BCUT2D eigenvalue weighted by atomic mass is 9.96. The fraction of sp³-hybridized carbons (Fsp3) is 0.324. The highest BCUT2D eigenvalue weighted by atomic mass is 19.4. The molecule has 0 radical (unpaired) electrons. The van der Waals surface area contributed by atoms with Crippen molar-refractivity contribution in [2.75, 3.05) is 20.8 Å². The van der Waals surface area contributed by atoms with Gasteiger partial charge in [-0.2, -0.15) is 18.3 Å². The minimum absolute atomic E-state index is 0.0226. The maximum atomic E-state index is 14.2. The van der Waals surface area contributed by atoms with E-state index >= 15 is 0 Å². The van der Waals surface area contributed by atoms with Crippen molar-refractivity contribution < 1.29 is 27.4 Å². The largest absolute Gasteiger partial charge is 0.497 e. The van der Waals surface area contributed by atoms with Gasteiger partial charge in [-0.15, -0.1) is 0 Å². The second-order valence-corrected chi connectivity index (χ2v) is 12.0. The first-order valence-corrected chi connectivity index (χ1v) is 15.7. The van der Waals surface area contributed by atoms with Crippen LogP contribution in [0.25, 0.3) is 33.2 Å². The highest BCUT2D eigenvalue weighted by Gasteiger charge is 2.40. The first-order valence-electron chi connectivity index (χ1n) is 15.7. The molecule has 1 fully saturated rings. The van der Waals surface area contributed by atoms with E-state index in [0.29, 0.717) is 48.1 Å². The summed E-state index contributed by atoms with van der Waals surface area (Å²) >= 11 is 0. The second-order valence-electron chi connectivity index (χ2n) is 12.0. The number of rotatable bonds is 9. The predicted octanol–water partition coefficient (Wildman–Crippen LogP) is 5.27. The van der Waals surface area contributed by atoms with Gasteiger partial charge in [0.15, 0.2) is 0 Å². The van der Waals surface area contributed by atoms with Crippen LogP contribution in [-0.2, 0) is 31.1 Å². The molecule has 0 bridgehead atoms. The summed E-state index contributed by atoms with van der Waals surface area (Å²) in [4.78, 5) is 32.3. The van der Waals surface area contributed by atoms with Gasteiger partial charge in [-0.05, 0) is 43.2 Å². The number of nitrogens with zero attached hydrogens (tertiary/aromatic N) is 7. The van der Waals surface area contributed by atoms with E-state index in [1.54, 1.807) is 22.9 Å². The Hall–Kier alpha value is -5.44. The number of hydrogen-bond donors (Lipinski definition) is 2. The second kappa shape index (κ2) is 12.9. The Morgan fingerprint density at radius 2 is 1.90 bits per heavy atom. The van der Waals surface area contributed by atoms with Gasteiger partial charge in [-0.3, -0.25) is 9.48 Å². The zero-order valence-electron chi connectivity index (χ0n) is 27.0. The molecule has 49 heavy (non-hydrogen) atoms. The molecule has 15 heteroatoms. The first-order chi connectivity index (χ1) is 23.6. The molecule has 1 amide bonds. The standard InChI is InChI=1S/C34H34F3N9O3/c1-44-12-10-22(43-44)17-38-21-11-13-45(30(47)19-46-28-16-23(48-2)8-9-26(28)42-33(46)34(35,36)37)29(15-21)31-39-18-27(40-31)24-14-20-6-4-5-7-25(20)41-32(24)49-3/h4-10,12,14,16,18,21,29,38H,11,13,15,17,19H2,1-3H3,(H,39,40)/t21-,29-/m0/s1. The van der Waals surface area contributed by atoms with E-state index in [2.05, 4.69) is 25.4 Å². The van der Waals surface area contributed by atoms with Crippen molar-refractivity contribution in [1.82, 2.24) is 44.5 Å². The van der Waals surface area contributed by atoms with Crippen LogP contribution in [0.15, 0.2) is 67.0 Å². The first kappa shape index (κ1) is 32.1. The summed E-state index contributed by atoms with van der Waals surface area (Å²) in [6.07, 6.45) is -0.212. The number of halogens is 3. The molecule has 1 aliphatic heterocycles. The Labute approximate surface area is 278 Å². The number of aromatic nitrogens is 7. The smallest absolute Gasteiger partial charge is 0.449 e. The molecule has 6 aromatic rings. The third-order valence-corrected chi connectivity index (χ3v) is 8.85. The number of ether oxygens (including phenoxy) is 2. The molecule has 12 nitrogen and oxygen atoms in total. The topological polar surface area (TPSA) is 128 Å². The van der Waals surface area contributed by atoms with Gasteiger partial charge in [0.05, 0.1) is 60.0 Å². The summed E-state index contributed by atoms with van der Waals surface area (Å²) in [6, 6.07) is 15.4. The SMILES string of the molecule is COc1ccc2nc(C(F)(F)F)n(CC(=O)N3CC[C@H](NCc4ccn(C)n4)C[C@H]3c3ncc(-c4cc5ccccc5nc4OC)[nH]3)c2c1. The summed E-state index contributed by atoms with van der Waals surface area (Å²) in [5.74, 6) is -0.389. The molecule has 1 aliphatic rings. The van der Waals surface area contributed by atoms with E-state index in [1.165, 1.54) is 25.3 Å². The van der Waals surface area contributed by atoms with Crippen molar-refractivity contribution in [2.24, 2.45) is 7.05 Å². The Kier molecular flexibility index (Phi) is 8.44. The van der Waals surface area contributed by atoms with E-state index in [0.717, 1.165) is 21.2 Å². The Morgan fingerprint density at radius 3 is 2.65 bits per heavy atom. The van der Waals surface area contributed by atoms with Crippen LogP contribution in [0.2, 0.25) is 0 Å². The molecule has 0 saturated carbocycles. The number of carbonyl (C=O) groups is 1. The van der Waals surface area contributed by atoms with E-state index < -0.39 is 30.5 Å². The number of aryl methyl sites for hydroxylation is 1. The fourth-order valence-electron chi connectivity index (χ4n) is 6.44. The monoisotopic (exact) mass is 673 g/mol. The van der Waals surface area contributed by atoms with Gasteiger partial charge >= 0.3 is 6.18 Å². The lowest BCUT2D eigenvalue weighted by Crippen LogP contribution is -2.48. The number of H-pyrrole nitrogens is 1. The summed E-state index contributed by atoms with van der Waals surface area (Å²) in [5.41, 5.74) is 3.23. The minimum atomic E-state index is -4.78. The van der Waals surface area contributed by atoms with Crippen LogP contribution in [0.5, 0.6) is 11.6 Å². The van der Waals surface area contributed by atoms with Crippen LogP contribution in [0.4, 0.5) is 13.2 Å². The average Bonchev–Trinajstić information content (AvgIpc) is 3.85. The zero-order chi connectivity index (χ0) is 34.3. The molecule has 2 N–H and O–H groups in total. The molecule has 0 unspecified atom stereocenters. The van der Waals surface area contributed by atoms with Crippen LogP contribution in [-0.4, -0.2) is 71.9 Å². The maximum absolute atomic E-state index is 14.2. The van der Waals surface area contributed by atoms with Gasteiger partial charge in [-0.1, -0.05) is 18.2 Å². The molecule has 2 atom stereocenters. The van der Waals surface area contributed by atoms with Gasteiger partial charge in [0.25, 0.3) is 0 Å². The highest BCUT2D eigenvalue weighted by molar-refractivity contribution is 5.85. The molecular weight excluding hydrogens is 639 g/mol. The number of carbonyl (C=O) groups excluding carboxylic acids is 1. The fourth-order valence-corrected chi connectivity index (χ4v) is 6.44. The summed E-state index contributed by atoms with van der Waals surface area (Å²) in [7, 11) is 4.82. The lowest BCUT2D eigenvalue weighted by molar-refractivity contribution is -0.148. The number of benzene rings is 2. The highest BCUT2D eigenvalue weighted by Crippen LogP contribution is 2.36. The van der Waals surface area contributed by atoms with Gasteiger partial charge in [0.2, 0.25) is 17.6 Å². The Bertz CT molecular complexity index is 2140. The van der Waals surface area contributed by atoms with Crippen LogP contribution < -0.4 is 14.8 Å². The number of hydrogen-bond acceptors (Lipinski definition) is 8. The minimum Gasteiger partial charge on any atom is -0.497 e. The van der Waals surface area contributed by atoms with Crippen LogP contribution in [0.1, 0.15) is 36.2 Å². The van der Waals surface area contributed by atoms with E-state index in [9.17, 15) is 18.0 Å². The number of fused-ring (bicyclic) bond motifs is 2. The van der Waals surface area contributed by atoms with Crippen molar-refractivity contribution >= 4 is 27.8 Å². The van der Waals surface area contributed by atoms with Crippen molar-refractivity contribution in [3.05, 3.63) is 84.3 Å². The molecular formula is C34H34F3N9O3. The molecule has 5 heterocycles. The molecule has 254 valence electrons. The third-order valence-electron chi connectivity index (χ3n) is 8.85. The van der Waals surface area contributed by atoms with Gasteiger partial charge in [0.1, 0.15) is 18.1 Å². The molecule has 4 aromatic heterocycles. The summed E-state index contributed by atoms with van der Waals surface area (Å²) in [5, 5.41) is 8.89. The average molecular weight is 674 g/mol. The number of nitrogens with one attached hydrogen (secondary N) is 2. The number of alkyl halides is 3. The van der Waals surface area contributed by atoms with Crippen molar-refractivity contribution in [3.8, 4) is 22.9 Å². The number of methoxy groups -OCH3 is 2. The summed E-state index contributed by atoms with van der Waals surface area (Å²) < 4.78 is 56.2. The van der Waals surface area contributed by atoms with E-state index in [-0.39, 0.29) is 23.6 Å². The van der Waals surface area contributed by atoms with Crippen LogP contribution in [0.3, 0.4) is 0 Å². The number of pyridine rings is 1. The number of para-hydroxylation sites is 1. The normalized spacial score (nSPS) is 16.8. The van der Waals surface area contributed by atoms with Crippen molar-refractivity contribution in [3.63, 3.8) is 0 Å². The molecule has 7 rings (SSSR count). The van der Waals surface area contributed by atoms with E-state index in [4.69, 9.17) is 14.5 Å². The van der Waals surface area contributed by atoms with Crippen molar-refractivity contribution in [1.29, 1.82) is 0 Å². The number of aromatic amines is 1. The van der Waals surface area contributed by atoms with Gasteiger partial charge < -0.3 is 29.2 Å². The Morgan fingerprint density at radius 1 is 1.06 bits per heavy atom. The van der Waals surface area contributed by atoms with Crippen LogP contribution >= 0.6 is 0 Å². The lowest BCUT2D eigenvalue weighted by Gasteiger charge is -2.39. The number of imidazole rings is 2. The van der Waals surface area contributed by atoms with E-state index in [1.807, 2.05) is 49.6 Å². The maximum Gasteiger partial charge on any atom is 0.449 e. The quantitative estimate of drug-likeness (QED) is 0.213. The van der Waals surface area contributed by atoms with Crippen LogP contribution in [0, 0.1) is 0 Å². The Balaban J connectivity index is 1.22. The molecule has 0 spiro atoms. The number of amides is 1. The predicted molar refractivity (Wildman–Crippen MR) is 175 cm³/mol. The van der Waals surface area contributed by atoms with Gasteiger partial charge in [-0.25, -0.2) is 15.0 Å². The molecule has 0 aliphatic carbocycles. The van der Waals surface area contributed by atoms with Crippen molar-refractivity contribution in [2.45, 2.75) is 44.2 Å². The van der Waals surface area contributed by atoms with Gasteiger partial charge in [0, 0.05) is 43.8 Å². The molecule has 1 saturated heterocycles. The number of likely N-dealkylation sites (tertiary alicyclic amines) is 1. The summed E-state index contributed by atoms with van der Waals surface area (Å²) in [6.45, 7) is 0.238. The number of piperidine rings is 1. The molecule has 2 aromatic carbocycles. The zero-order valence-corrected chi connectivity index (χ0v) is 27.0.